The van der Waals surface area contributed by atoms with Gasteiger partial charge in [0, 0.05) is 29.2 Å². The Hall–Kier alpha value is -2.48. The van der Waals surface area contributed by atoms with Gasteiger partial charge in [0.05, 0.1) is 0 Å². The van der Waals surface area contributed by atoms with Crippen molar-refractivity contribution in [1.29, 1.82) is 0 Å². The summed E-state index contributed by atoms with van der Waals surface area (Å²) < 4.78 is 0. The summed E-state index contributed by atoms with van der Waals surface area (Å²) in [5, 5.41) is 7.27. The number of anilines is 2. The van der Waals surface area contributed by atoms with Crippen LogP contribution in [0.2, 0.25) is 0 Å². The Labute approximate surface area is 140 Å². The standard InChI is InChI=1S/C16H23N7O/c1-16(2,3)23-14-12-8(4-11(21-14)13(18)24)7-19-15(22-12)20-10-5-9(17)6-10/h4,7,9-10H,5-6,17H2,1-3H3,(H2,18,24)(H,21,23)(H,19,20,22). The van der Waals surface area contributed by atoms with Crippen LogP contribution in [-0.2, 0) is 0 Å². The maximum Gasteiger partial charge on any atom is 0.267 e. The number of primary amides is 1. The molecule has 0 spiro atoms. The van der Waals surface area contributed by atoms with Crippen molar-refractivity contribution in [3.63, 3.8) is 0 Å². The summed E-state index contributed by atoms with van der Waals surface area (Å²) in [6.45, 7) is 6.02. The summed E-state index contributed by atoms with van der Waals surface area (Å²) in [5.74, 6) is 0.467. The molecule has 2 aromatic rings. The van der Waals surface area contributed by atoms with Crippen molar-refractivity contribution in [3.8, 4) is 0 Å². The van der Waals surface area contributed by atoms with Gasteiger partial charge in [-0.2, -0.15) is 0 Å². The van der Waals surface area contributed by atoms with Crippen molar-refractivity contribution >= 4 is 28.6 Å². The lowest BCUT2D eigenvalue weighted by Gasteiger charge is -2.32. The molecule has 8 nitrogen and oxygen atoms in total. The molecule has 8 heteroatoms. The normalized spacial score (nSPS) is 20.5. The molecule has 0 bridgehead atoms. The first-order valence-electron chi connectivity index (χ1n) is 7.99. The van der Waals surface area contributed by atoms with Crippen molar-refractivity contribution in [2.45, 2.75) is 51.2 Å². The summed E-state index contributed by atoms with van der Waals surface area (Å²) in [7, 11) is 0. The third-order valence-corrected chi connectivity index (χ3v) is 3.82. The number of nitrogens with zero attached hydrogens (tertiary/aromatic N) is 3. The summed E-state index contributed by atoms with van der Waals surface area (Å²) in [5.41, 5.74) is 11.8. The topological polar surface area (TPSA) is 132 Å². The monoisotopic (exact) mass is 329 g/mol. The first kappa shape index (κ1) is 16.4. The molecule has 1 aliphatic rings. The quantitative estimate of drug-likeness (QED) is 0.663. The lowest BCUT2D eigenvalue weighted by Crippen LogP contribution is -2.44. The van der Waals surface area contributed by atoms with Gasteiger partial charge < -0.3 is 22.1 Å². The average molecular weight is 329 g/mol. The second-order valence-electron chi connectivity index (χ2n) is 7.30. The highest BCUT2D eigenvalue weighted by Crippen LogP contribution is 2.26. The Balaban J connectivity index is 2.00. The van der Waals surface area contributed by atoms with Crippen molar-refractivity contribution in [1.82, 2.24) is 15.0 Å². The van der Waals surface area contributed by atoms with Crippen LogP contribution >= 0.6 is 0 Å². The minimum atomic E-state index is -0.584. The fourth-order valence-electron chi connectivity index (χ4n) is 2.64. The van der Waals surface area contributed by atoms with Crippen molar-refractivity contribution < 1.29 is 4.79 Å². The zero-order valence-electron chi connectivity index (χ0n) is 14.1. The van der Waals surface area contributed by atoms with E-state index in [2.05, 4.69) is 25.6 Å². The van der Waals surface area contributed by atoms with Crippen LogP contribution in [0.3, 0.4) is 0 Å². The molecule has 1 fully saturated rings. The zero-order valence-corrected chi connectivity index (χ0v) is 14.1. The maximum atomic E-state index is 11.5. The van der Waals surface area contributed by atoms with Crippen molar-refractivity contribution in [3.05, 3.63) is 18.0 Å². The van der Waals surface area contributed by atoms with Crippen LogP contribution in [0.25, 0.3) is 10.9 Å². The number of fused-ring (bicyclic) bond motifs is 1. The zero-order chi connectivity index (χ0) is 17.5. The van der Waals surface area contributed by atoms with Gasteiger partial charge in [0.25, 0.3) is 5.91 Å². The van der Waals surface area contributed by atoms with E-state index < -0.39 is 5.91 Å². The Bertz CT molecular complexity index is 778. The first-order valence-corrected chi connectivity index (χ1v) is 7.99. The van der Waals surface area contributed by atoms with E-state index in [0.717, 1.165) is 12.8 Å². The Morgan fingerprint density at radius 2 is 2.00 bits per heavy atom. The third kappa shape index (κ3) is 3.53. The van der Waals surface area contributed by atoms with E-state index in [9.17, 15) is 4.79 Å². The second-order valence-corrected chi connectivity index (χ2v) is 7.30. The number of nitrogens with one attached hydrogen (secondary N) is 2. The largest absolute Gasteiger partial charge is 0.364 e. The molecule has 24 heavy (non-hydrogen) atoms. The smallest absolute Gasteiger partial charge is 0.267 e. The van der Waals surface area contributed by atoms with Crippen LogP contribution in [0.4, 0.5) is 11.8 Å². The molecule has 2 heterocycles. The van der Waals surface area contributed by atoms with Crippen LogP contribution in [-0.4, -0.2) is 38.5 Å². The van der Waals surface area contributed by atoms with Gasteiger partial charge in [-0.25, -0.2) is 15.0 Å². The van der Waals surface area contributed by atoms with E-state index in [1.165, 1.54) is 0 Å². The van der Waals surface area contributed by atoms with Crippen LogP contribution in [0.15, 0.2) is 12.3 Å². The molecule has 1 amide bonds. The molecule has 128 valence electrons. The number of hydrogen-bond donors (Lipinski definition) is 4. The van der Waals surface area contributed by atoms with Crippen LogP contribution < -0.4 is 22.1 Å². The number of carbonyl (C=O) groups excluding carboxylic acids is 1. The number of pyridine rings is 1. The SMILES string of the molecule is CC(C)(C)Nc1nc(C(N)=O)cc2cnc(NC3CC(N)C3)nc12. The van der Waals surface area contributed by atoms with Gasteiger partial charge in [0.1, 0.15) is 11.2 Å². The third-order valence-electron chi connectivity index (χ3n) is 3.82. The van der Waals surface area contributed by atoms with E-state index in [-0.39, 0.29) is 17.3 Å². The van der Waals surface area contributed by atoms with Crippen molar-refractivity contribution in [2.75, 3.05) is 10.6 Å². The van der Waals surface area contributed by atoms with E-state index in [1.807, 2.05) is 20.8 Å². The van der Waals surface area contributed by atoms with Gasteiger partial charge >= 0.3 is 0 Å². The molecule has 6 N–H and O–H groups in total. The Morgan fingerprint density at radius 1 is 1.29 bits per heavy atom. The minimum absolute atomic E-state index is 0.184. The Morgan fingerprint density at radius 3 is 2.58 bits per heavy atom. The fourth-order valence-corrected chi connectivity index (χ4v) is 2.64. The molecule has 0 aromatic carbocycles. The summed E-state index contributed by atoms with van der Waals surface area (Å²) in [6, 6.07) is 2.16. The van der Waals surface area contributed by atoms with Gasteiger partial charge in [0.15, 0.2) is 5.82 Å². The number of aromatic nitrogens is 3. The van der Waals surface area contributed by atoms with E-state index in [4.69, 9.17) is 11.5 Å². The van der Waals surface area contributed by atoms with E-state index in [1.54, 1.807) is 12.3 Å². The van der Waals surface area contributed by atoms with Gasteiger partial charge in [-0.15, -0.1) is 0 Å². The molecule has 0 atom stereocenters. The van der Waals surface area contributed by atoms with Gasteiger partial charge in [-0.05, 0) is 39.7 Å². The molecule has 1 aliphatic carbocycles. The fraction of sp³-hybridized carbons (Fsp3) is 0.500. The molecule has 3 rings (SSSR count). The van der Waals surface area contributed by atoms with E-state index >= 15 is 0 Å². The predicted molar refractivity (Wildman–Crippen MR) is 93.8 cm³/mol. The first-order chi connectivity index (χ1) is 11.2. The van der Waals surface area contributed by atoms with Gasteiger partial charge in [-0.1, -0.05) is 0 Å². The molecule has 0 radical (unpaired) electrons. The lowest BCUT2D eigenvalue weighted by molar-refractivity contribution is 0.0996. The maximum absolute atomic E-state index is 11.5. The number of nitrogens with two attached hydrogens (primary N) is 2. The molecule has 0 unspecified atom stereocenters. The molecular formula is C16H23N7O. The number of rotatable bonds is 4. The molecule has 0 aliphatic heterocycles. The summed E-state index contributed by atoms with van der Waals surface area (Å²) in [4.78, 5) is 24.7. The summed E-state index contributed by atoms with van der Waals surface area (Å²) >= 11 is 0. The summed E-state index contributed by atoms with van der Waals surface area (Å²) in [6.07, 6.45) is 3.49. The van der Waals surface area contributed by atoms with Crippen LogP contribution in [0.5, 0.6) is 0 Å². The molecular weight excluding hydrogens is 306 g/mol. The molecule has 2 aromatic heterocycles. The molecule has 1 saturated carbocycles. The Kier molecular flexibility index (Phi) is 4.00. The van der Waals surface area contributed by atoms with E-state index in [0.29, 0.717) is 28.7 Å². The average Bonchev–Trinajstić information content (AvgIpc) is 2.44. The van der Waals surface area contributed by atoms with Gasteiger partial charge in [-0.3, -0.25) is 4.79 Å². The number of carbonyl (C=O) groups is 1. The van der Waals surface area contributed by atoms with Gasteiger partial charge in [0.2, 0.25) is 5.95 Å². The molecule has 0 saturated heterocycles. The highest BCUT2D eigenvalue weighted by Gasteiger charge is 2.26. The highest BCUT2D eigenvalue weighted by molar-refractivity contribution is 5.98. The van der Waals surface area contributed by atoms with Crippen LogP contribution in [0, 0.1) is 0 Å². The highest BCUT2D eigenvalue weighted by atomic mass is 16.1. The predicted octanol–water partition coefficient (Wildman–Crippen LogP) is 1.24. The minimum Gasteiger partial charge on any atom is -0.364 e. The van der Waals surface area contributed by atoms with Crippen LogP contribution in [0.1, 0.15) is 44.1 Å². The van der Waals surface area contributed by atoms with Crippen molar-refractivity contribution in [2.24, 2.45) is 11.5 Å². The number of hydrogen-bond acceptors (Lipinski definition) is 7. The second kappa shape index (κ2) is 5.86. The number of amides is 1. The lowest BCUT2D eigenvalue weighted by atomic mass is 9.88.